The molecule has 1 unspecified atom stereocenters. The third-order valence-electron chi connectivity index (χ3n) is 3.79. The predicted octanol–water partition coefficient (Wildman–Crippen LogP) is 4.96. The molecule has 0 fully saturated rings. The molecule has 5 heteroatoms. The first-order valence-electron chi connectivity index (χ1n) is 7.93. The van der Waals surface area contributed by atoms with E-state index in [2.05, 4.69) is 17.2 Å². The van der Waals surface area contributed by atoms with Gasteiger partial charge in [-0.3, -0.25) is 4.79 Å². The second-order valence-electron chi connectivity index (χ2n) is 5.77. The lowest BCUT2D eigenvalue weighted by atomic mass is 10.0. The first-order valence-corrected chi connectivity index (χ1v) is 8.81. The number of amides is 1. The summed E-state index contributed by atoms with van der Waals surface area (Å²) in [5, 5.41) is 13.1. The van der Waals surface area contributed by atoms with Gasteiger partial charge in [-0.2, -0.15) is 0 Å². The van der Waals surface area contributed by atoms with E-state index in [-0.39, 0.29) is 11.8 Å². The number of unbranched alkanes of at least 4 members (excludes halogenated alkanes) is 1. The van der Waals surface area contributed by atoms with Crippen LogP contribution < -0.4 is 5.32 Å². The molecule has 1 aromatic heterocycles. The van der Waals surface area contributed by atoms with Gasteiger partial charge in [0.2, 0.25) is 5.91 Å². The van der Waals surface area contributed by atoms with Gasteiger partial charge in [0.1, 0.15) is 0 Å². The molecule has 2 N–H and O–H groups in total. The van der Waals surface area contributed by atoms with Gasteiger partial charge in [0, 0.05) is 22.6 Å². The van der Waals surface area contributed by atoms with Crippen LogP contribution in [0.25, 0.3) is 11.3 Å². The van der Waals surface area contributed by atoms with E-state index in [9.17, 15) is 4.79 Å². The van der Waals surface area contributed by atoms with Gasteiger partial charge in [0.15, 0.2) is 5.13 Å². The summed E-state index contributed by atoms with van der Waals surface area (Å²) < 4.78 is 0. The fourth-order valence-corrected chi connectivity index (χ4v) is 2.95. The van der Waals surface area contributed by atoms with Crippen molar-refractivity contribution in [1.29, 1.82) is 5.41 Å². The summed E-state index contributed by atoms with van der Waals surface area (Å²) in [5.74, 6) is 0.0475. The molecule has 1 heterocycles. The van der Waals surface area contributed by atoms with Crippen LogP contribution in [0.3, 0.4) is 0 Å². The van der Waals surface area contributed by atoms with Crippen LogP contribution >= 0.6 is 11.3 Å². The Morgan fingerprint density at radius 2 is 2.04 bits per heavy atom. The fraction of sp³-hybridized carbons (Fsp3) is 0.389. The molecule has 1 aromatic carbocycles. The van der Waals surface area contributed by atoms with E-state index in [4.69, 9.17) is 5.41 Å². The summed E-state index contributed by atoms with van der Waals surface area (Å²) in [6, 6.07) is 7.75. The first-order chi connectivity index (χ1) is 11.0. The van der Waals surface area contributed by atoms with Gasteiger partial charge in [0.25, 0.3) is 0 Å². The molecule has 2 aromatic rings. The van der Waals surface area contributed by atoms with Crippen molar-refractivity contribution in [2.45, 2.75) is 40.0 Å². The number of carbonyl (C=O) groups is 1. The smallest absolute Gasteiger partial charge is 0.228 e. The van der Waals surface area contributed by atoms with Crippen molar-refractivity contribution in [2.24, 2.45) is 5.92 Å². The van der Waals surface area contributed by atoms with Crippen molar-refractivity contribution in [3.05, 3.63) is 35.2 Å². The summed E-state index contributed by atoms with van der Waals surface area (Å²) in [7, 11) is 0. The van der Waals surface area contributed by atoms with Crippen molar-refractivity contribution in [2.75, 3.05) is 5.32 Å². The highest BCUT2D eigenvalue weighted by Crippen LogP contribution is 2.25. The summed E-state index contributed by atoms with van der Waals surface area (Å²) in [4.78, 5) is 16.6. The van der Waals surface area contributed by atoms with Crippen molar-refractivity contribution < 1.29 is 4.79 Å². The molecule has 1 atom stereocenters. The van der Waals surface area contributed by atoms with Crippen molar-refractivity contribution in [1.82, 2.24) is 4.98 Å². The molecule has 0 saturated heterocycles. The van der Waals surface area contributed by atoms with Crippen LogP contribution in [0, 0.1) is 11.3 Å². The SMILES string of the molecule is CCCCC(C)C(=O)Nc1nc(-c2ccc(C(C)=N)cc2)cs1. The van der Waals surface area contributed by atoms with E-state index >= 15 is 0 Å². The molecule has 0 bridgehead atoms. The number of rotatable bonds is 7. The van der Waals surface area contributed by atoms with Crippen molar-refractivity contribution in [3.63, 3.8) is 0 Å². The van der Waals surface area contributed by atoms with Crippen molar-refractivity contribution in [3.8, 4) is 11.3 Å². The molecule has 0 spiro atoms. The van der Waals surface area contributed by atoms with Crippen LogP contribution in [0.5, 0.6) is 0 Å². The van der Waals surface area contributed by atoms with Gasteiger partial charge in [-0.05, 0) is 18.9 Å². The maximum Gasteiger partial charge on any atom is 0.228 e. The lowest BCUT2D eigenvalue weighted by Gasteiger charge is -2.09. The minimum Gasteiger partial charge on any atom is -0.305 e. The van der Waals surface area contributed by atoms with E-state index < -0.39 is 0 Å². The Kier molecular flexibility index (Phi) is 6.04. The highest BCUT2D eigenvalue weighted by atomic mass is 32.1. The Bertz CT molecular complexity index is 676. The normalized spacial score (nSPS) is 12.0. The van der Waals surface area contributed by atoms with Gasteiger partial charge >= 0.3 is 0 Å². The molecule has 0 radical (unpaired) electrons. The number of nitrogens with one attached hydrogen (secondary N) is 2. The predicted molar refractivity (Wildman–Crippen MR) is 97.4 cm³/mol. The summed E-state index contributed by atoms with van der Waals surface area (Å²) in [6.07, 6.45) is 3.08. The van der Waals surface area contributed by atoms with Gasteiger partial charge in [0.05, 0.1) is 5.69 Å². The Morgan fingerprint density at radius 3 is 2.65 bits per heavy atom. The Labute approximate surface area is 141 Å². The standard InChI is InChI=1S/C18H23N3OS/c1-4-5-6-12(2)17(22)21-18-20-16(11-23-18)15-9-7-14(8-10-15)13(3)19/h7-12,19H,4-6H2,1-3H3,(H,20,21,22). The molecular formula is C18H23N3OS. The number of thiazole rings is 1. The van der Waals surface area contributed by atoms with Crippen LogP contribution in [0.15, 0.2) is 29.6 Å². The van der Waals surface area contributed by atoms with E-state index in [1.807, 2.05) is 36.6 Å². The van der Waals surface area contributed by atoms with E-state index in [0.717, 1.165) is 36.1 Å². The maximum absolute atomic E-state index is 12.1. The second-order valence-corrected chi connectivity index (χ2v) is 6.63. The molecule has 122 valence electrons. The second kappa shape index (κ2) is 8.02. The van der Waals surface area contributed by atoms with Crippen LogP contribution in [0.2, 0.25) is 0 Å². The molecule has 0 aliphatic heterocycles. The average Bonchev–Trinajstić information content (AvgIpc) is 3.01. The Morgan fingerprint density at radius 1 is 1.35 bits per heavy atom. The first kappa shape index (κ1) is 17.3. The number of hydrogen-bond donors (Lipinski definition) is 2. The number of anilines is 1. The zero-order valence-electron chi connectivity index (χ0n) is 13.8. The zero-order chi connectivity index (χ0) is 16.8. The number of carbonyl (C=O) groups excluding carboxylic acids is 1. The molecule has 2 rings (SSSR count). The van der Waals surface area contributed by atoms with Crippen LogP contribution in [0.1, 0.15) is 45.6 Å². The number of nitrogens with zero attached hydrogens (tertiary/aromatic N) is 1. The maximum atomic E-state index is 12.1. The lowest BCUT2D eigenvalue weighted by Crippen LogP contribution is -2.20. The monoisotopic (exact) mass is 329 g/mol. The minimum atomic E-state index is 0.0113. The van der Waals surface area contributed by atoms with Crippen molar-refractivity contribution >= 4 is 28.1 Å². The molecule has 0 aliphatic carbocycles. The van der Waals surface area contributed by atoms with E-state index in [1.54, 1.807) is 6.92 Å². The van der Waals surface area contributed by atoms with E-state index in [1.165, 1.54) is 11.3 Å². The lowest BCUT2D eigenvalue weighted by molar-refractivity contribution is -0.119. The van der Waals surface area contributed by atoms with Crippen LogP contribution in [0.4, 0.5) is 5.13 Å². The average molecular weight is 329 g/mol. The van der Waals surface area contributed by atoms with Crippen LogP contribution in [-0.4, -0.2) is 16.6 Å². The molecule has 1 amide bonds. The summed E-state index contributed by atoms with van der Waals surface area (Å²) >= 11 is 1.44. The fourth-order valence-electron chi connectivity index (χ4n) is 2.22. The van der Waals surface area contributed by atoms with Gasteiger partial charge in [-0.1, -0.05) is 51.0 Å². The summed E-state index contributed by atoms with van der Waals surface area (Å²) in [6.45, 7) is 5.85. The van der Waals surface area contributed by atoms with Gasteiger partial charge < -0.3 is 10.7 Å². The molecule has 0 saturated carbocycles. The number of aromatic nitrogens is 1. The third-order valence-corrected chi connectivity index (χ3v) is 4.54. The molecular weight excluding hydrogens is 306 g/mol. The minimum absolute atomic E-state index is 0.0113. The van der Waals surface area contributed by atoms with Gasteiger partial charge in [-0.25, -0.2) is 4.98 Å². The highest BCUT2D eigenvalue weighted by molar-refractivity contribution is 7.14. The molecule has 23 heavy (non-hydrogen) atoms. The van der Waals surface area contributed by atoms with Gasteiger partial charge in [-0.15, -0.1) is 11.3 Å². The summed E-state index contributed by atoms with van der Waals surface area (Å²) in [5.41, 5.74) is 3.29. The van der Waals surface area contributed by atoms with Crippen LogP contribution in [-0.2, 0) is 4.79 Å². The number of benzene rings is 1. The quantitative estimate of drug-likeness (QED) is 0.705. The number of hydrogen-bond acceptors (Lipinski definition) is 4. The third kappa shape index (κ3) is 4.73. The molecule has 4 nitrogen and oxygen atoms in total. The Balaban J connectivity index is 2.02. The van der Waals surface area contributed by atoms with E-state index in [0.29, 0.717) is 10.8 Å². The molecule has 0 aliphatic rings. The topological polar surface area (TPSA) is 65.8 Å². The largest absolute Gasteiger partial charge is 0.305 e. The zero-order valence-corrected chi connectivity index (χ0v) is 14.7. The highest BCUT2D eigenvalue weighted by Gasteiger charge is 2.14. The Hall–Kier alpha value is -2.01.